The van der Waals surface area contributed by atoms with Gasteiger partial charge in [0.25, 0.3) is 0 Å². The maximum absolute atomic E-state index is 13.3. The highest BCUT2D eigenvalue weighted by Gasteiger charge is 2.54. The standard InChI is InChI=1S/C43H73N9O11.CO2/c1-15-28-18(4)19(5)31(47-50-44)42(56-28)62-37-21(7)23(9)40(63-38(37)26(12)53)61-36-25(11)33(49-52-46)43(58-30(36)17-3)59-34-20(6)22(8)39(55-27(34)13)60-35-24(10)32(48-51-45)41(54-14)57-29(35)16-2;2-1-3/h18-25,27-43H,15-17H2,1-14H3;/t18-,19-,20+,21+,22?,23?,24+,25+,27?,28-,29?,30?,31?,32?,33?,34-,35-,36-,37-,38-,39-,40+,41-,42+,43+;/m0./s1. The second-order valence-corrected chi connectivity index (χ2v) is 18.8. The van der Waals surface area contributed by atoms with E-state index in [0.717, 1.165) is 6.42 Å². The highest BCUT2D eigenvalue weighted by Crippen LogP contribution is 2.44. The lowest BCUT2D eigenvalue weighted by atomic mass is 9.80. The Hall–Kier alpha value is -3.42. The van der Waals surface area contributed by atoms with Crippen molar-refractivity contribution in [2.75, 3.05) is 7.11 Å². The summed E-state index contributed by atoms with van der Waals surface area (Å²) in [5, 5.41) is 12.3. The van der Waals surface area contributed by atoms with Crippen molar-refractivity contribution in [3.63, 3.8) is 0 Å². The number of rotatable bonds is 16. The zero-order chi connectivity index (χ0) is 49.2. The summed E-state index contributed by atoms with van der Waals surface area (Å²) < 4.78 is 64.8. The summed E-state index contributed by atoms with van der Waals surface area (Å²) in [6.45, 7) is 25.6. The SMILES string of the molecule is CCC1O[C@H](O[C@@H]2C(C)O[C@@H](O[C@@H]3C(CC)O[C@H](OC)C(N=[N+]=[N-])[C@H]3C)C(C)[C@H]2C)C(N=[N+]=[N-])[C@@H](C)[C@@H]1O[C@@H]1O[C@@H](C(C)=O)[C@@H](O[C@H]2O[C@@H](CC)[C@@H](C)[C@H](C)C2N=[N+]=[N-])[C@H](C)C1C.O=C=O. The van der Waals surface area contributed by atoms with Crippen molar-refractivity contribution < 1.29 is 61.8 Å². The highest BCUT2D eigenvalue weighted by molar-refractivity contribution is 5.81. The van der Waals surface area contributed by atoms with Gasteiger partial charge in [-0.2, -0.15) is 9.59 Å². The second-order valence-electron chi connectivity index (χ2n) is 18.8. The van der Waals surface area contributed by atoms with Crippen LogP contribution in [0.2, 0.25) is 0 Å². The molecule has 66 heavy (non-hydrogen) atoms. The van der Waals surface area contributed by atoms with Crippen LogP contribution in [0.3, 0.4) is 0 Å². The lowest BCUT2D eigenvalue weighted by Crippen LogP contribution is -2.61. The van der Waals surface area contributed by atoms with E-state index >= 15 is 0 Å². The summed E-state index contributed by atoms with van der Waals surface area (Å²) in [6, 6.07) is -1.95. The summed E-state index contributed by atoms with van der Waals surface area (Å²) in [7, 11) is 1.53. The molecule has 5 heterocycles. The molecule has 0 aromatic carbocycles. The first kappa shape index (κ1) is 55.2. The van der Waals surface area contributed by atoms with Gasteiger partial charge in [-0.25, -0.2) is 0 Å². The minimum atomic E-state index is -0.990. The van der Waals surface area contributed by atoms with Crippen LogP contribution in [0.15, 0.2) is 15.3 Å². The molecular weight excluding hydrogens is 863 g/mol. The van der Waals surface area contributed by atoms with Crippen molar-refractivity contribution in [1.29, 1.82) is 0 Å². The number of Topliss-reactive ketones (excluding diaryl/α,β-unsaturated/α-hetero) is 1. The number of carbonyl (C=O) groups is 1. The van der Waals surface area contributed by atoms with Crippen molar-refractivity contribution in [3.05, 3.63) is 31.3 Å². The van der Waals surface area contributed by atoms with Gasteiger partial charge in [-0.05, 0) is 85.2 Å². The number of methoxy groups -OCH3 is 1. The normalized spacial score (nSPS) is 45.9. The molecule has 5 aliphatic heterocycles. The number of azide groups is 3. The molecular formula is C44H73N9O13. The number of hydrogen-bond donors (Lipinski definition) is 0. The molecule has 25 atom stereocenters. The maximum Gasteiger partial charge on any atom is 0.373 e. The van der Waals surface area contributed by atoms with Crippen LogP contribution in [-0.4, -0.2) is 124 Å². The Morgan fingerprint density at radius 2 is 0.879 bits per heavy atom. The van der Waals surface area contributed by atoms with Crippen LogP contribution in [0.5, 0.6) is 0 Å². The number of hydrogen-bond acceptors (Lipinski definition) is 16. The van der Waals surface area contributed by atoms with Crippen molar-refractivity contribution >= 4 is 11.9 Å². The molecule has 22 heteroatoms. The zero-order valence-electron chi connectivity index (χ0n) is 40.9. The van der Waals surface area contributed by atoms with E-state index in [1.54, 1.807) is 0 Å². The molecule has 0 N–H and O–H groups in total. The fraction of sp³-hybridized carbons (Fsp3) is 0.955. The summed E-state index contributed by atoms with van der Waals surface area (Å²) in [4.78, 5) is 38.9. The molecule has 372 valence electrons. The van der Waals surface area contributed by atoms with E-state index in [1.807, 2.05) is 69.2 Å². The molecule has 0 bridgehead atoms. The smallest absolute Gasteiger partial charge is 0.355 e. The van der Waals surface area contributed by atoms with Gasteiger partial charge in [0, 0.05) is 33.7 Å². The third-order valence-electron chi connectivity index (χ3n) is 15.1. The van der Waals surface area contributed by atoms with Gasteiger partial charge in [0.15, 0.2) is 37.2 Å². The molecule has 8 unspecified atom stereocenters. The lowest BCUT2D eigenvalue weighted by molar-refractivity contribution is -0.353. The van der Waals surface area contributed by atoms with Gasteiger partial charge in [-0.1, -0.05) is 91.5 Å². The van der Waals surface area contributed by atoms with Crippen molar-refractivity contribution in [2.45, 2.75) is 214 Å². The quantitative estimate of drug-likeness (QED) is 0.0802. The molecule has 0 spiro atoms. The largest absolute Gasteiger partial charge is 0.373 e. The average molecular weight is 936 g/mol. The summed E-state index contributed by atoms with van der Waals surface area (Å²) in [6.07, 6.45) is -6.20. The van der Waals surface area contributed by atoms with Crippen LogP contribution in [0.1, 0.15) is 109 Å². The molecule has 22 nitrogen and oxygen atoms in total. The molecule has 0 radical (unpaired) electrons. The first-order chi connectivity index (χ1) is 31.4. The van der Waals surface area contributed by atoms with E-state index in [2.05, 4.69) is 43.9 Å². The predicted octanol–water partition coefficient (Wildman–Crippen LogP) is 8.18. The van der Waals surface area contributed by atoms with Gasteiger partial charge in [0.05, 0.1) is 67.0 Å². The molecule has 0 amide bonds. The van der Waals surface area contributed by atoms with Crippen LogP contribution < -0.4 is 0 Å². The van der Waals surface area contributed by atoms with Crippen LogP contribution in [0.4, 0.5) is 0 Å². The molecule has 5 saturated heterocycles. The topological polar surface area (TPSA) is 290 Å². The minimum absolute atomic E-state index is 0.0130. The van der Waals surface area contributed by atoms with Crippen LogP contribution in [0, 0.1) is 47.3 Å². The Morgan fingerprint density at radius 1 is 0.500 bits per heavy atom. The van der Waals surface area contributed by atoms with Gasteiger partial charge in [0.1, 0.15) is 6.10 Å². The average Bonchev–Trinajstić information content (AvgIpc) is 3.29. The van der Waals surface area contributed by atoms with Gasteiger partial charge in [-0.3, -0.25) is 4.79 Å². The van der Waals surface area contributed by atoms with E-state index < -0.39 is 98.2 Å². The first-order valence-electron chi connectivity index (χ1n) is 23.5. The third kappa shape index (κ3) is 12.1. The highest BCUT2D eigenvalue weighted by atomic mass is 16.8. The molecule has 5 rings (SSSR count). The molecule has 0 aliphatic carbocycles. The Balaban J connectivity index is 0.00000309. The zero-order valence-corrected chi connectivity index (χ0v) is 40.9. The second kappa shape index (κ2) is 25.3. The van der Waals surface area contributed by atoms with Gasteiger partial charge < -0.3 is 47.4 Å². The summed E-state index contributed by atoms with van der Waals surface area (Å²) in [5.41, 5.74) is 28.6. The third-order valence-corrected chi connectivity index (χ3v) is 15.1. The lowest BCUT2D eigenvalue weighted by Gasteiger charge is -2.51. The van der Waals surface area contributed by atoms with Crippen molar-refractivity contribution in [1.82, 2.24) is 0 Å². The van der Waals surface area contributed by atoms with Crippen molar-refractivity contribution in [3.8, 4) is 0 Å². The molecule has 5 fully saturated rings. The first-order valence-corrected chi connectivity index (χ1v) is 23.5. The van der Waals surface area contributed by atoms with Crippen LogP contribution >= 0.6 is 0 Å². The Morgan fingerprint density at radius 3 is 1.32 bits per heavy atom. The minimum Gasteiger partial charge on any atom is -0.355 e. The molecule has 0 aromatic rings. The number of ether oxygens (including phenoxy) is 10. The number of nitrogens with zero attached hydrogens (tertiary/aromatic N) is 9. The van der Waals surface area contributed by atoms with Gasteiger partial charge >= 0.3 is 6.15 Å². The monoisotopic (exact) mass is 936 g/mol. The molecule has 0 aromatic heterocycles. The Bertz CT molecular complexity index is 1760. The van der Waals surface area contributed by atoms with Crippen LogP contribution in [-0.2, 0) is 61.8 Å². The fourth-order valence-corrected chi connectivity index (χ4v) is 10.4. The molecule has 0 saturated carbocycles. The molecule has 5 aliphatic rings. The Labute approximate surface area is 387 Å². The van der Waals surface area contributed by atoms with E-state index in [1.165, 1.54) is 14.0 Å². The van der Waals surface area contributed by atoms with E-state index in [9.17, 15) is 21.4 Å². The number of carbonyl (C=O) groups excluding carboxylic acids is 3. The van der Waals surface area contributed by atoms with Crippen molar-refractivity contribution in [2.24, 2.45) is 62.7 Å². The predicted molar refractivity (Wildman–Crippen MR) is 234 cm³/mol. The van der Waals surface area contributed by atoms with E-state index in [0.29, 0.717) is 12.8 Å². The van der Waals surface area contributed by atoms with E-state index in [4.69, 9.17) is 57.0 Å². The van der Waals surface area contributed by atoms with E-state index in [-0.39, 0.29) is 65.6 Å². The van der Waals surface area contributed by atoms with Gasteiger partial charge in [0.2, 0.25) is 0 Å². The van der Waals surface area contributed by atoms with Gasteiger partial charge in [-0.15, -0.1) is 0 Å². The summed E-state index contributed by atoms with van der Waals surface area (Å²) >= 11 is 0. The van der Waals surface area contributed by atoms with Crippen LogP contribution in [0.25, 0.3) is 31.3 Å². The Kier molecular flexibility index (Phi) is 21.1. The summed E-state index contributed by atoms with van der Waals surface area (Å²) in [5.74, 6) is -1.45. The fourth-order valence-electron chi connectivity index (χ4n) is 10.4. The number of ketones is 1. The maximum atomic E-state index is 13.3.